The number of carbonyl (C=O) groups excluding carboxylic acids is 1. The van der Waals surface area contributed by atoms with Crippen molar-refractivity contribution in [3.8, 4) is 0 Å². The number of nitrogens with two attached hydrogens (primary N) is 1. The van der Waals surface area contributed by atoms with Gasteiger partial charge in [-0.2, -0.15) is 0 Å². The molecule has 0 aliphatic rings. The van der Waals surface area contributed by atoms with Crippen LogP contribution in [0.4, 0.5) is 5.69 Å². The maximum absolute atomic E-state index is 11.5. The van der Waals surface area contributed by atoms with Crippen LogP contribution in [0, 0.1) is 6.92 Å². The maximum Gasteiger partial charge on any atom is 0.337 e. The lowest BCUT2D eigenvalue weighted by Gasteiger charge is -2.07. The smallest absolute Gasteiger partial charge is 0.337 e. The predicted octanol–water partition coefficient (Wildman–Crippen LogP) is 3.66. The summed E-state index contributed by atoms with van der Waals surface area (Å²) in [6, 6.07) is 13.4. The SMILES string of the molecule is COC(=O)c1cccc(CSc2cc(C)ccc2N)c1. The fourth-order valence-electron chi connectivity index (χ4n) is 1.83. The van der Waals surface area contributed by atoms with E-state index >= 15 is 0 Å². The molecule has 0 aliphatic carbocycles. The van der Waals surface area contributed by atoms with Crippen molar-refractivity contribution in [2.75, 3.05) is 12.8 Å². The second kappa shape index (κ2) is 6.48. The molecule has 0 fully saturated rings. The molecule has 0 heterocycles. The number of hydrogen-bond donors (Lipinski definition) is 1. The molecule has 0 saturated carbocycles. The molecule has 104 valence electrons. The van der Waals surface area contributed by atoms with E-state index in [-0.39, 0.29) is 5.97 Å². The Bertz CT molecular complexity index is 626. The van der Waals surface area contributed by atoms with Crippen molar-refractivity contribution in [1.29, 1.82) is 0 Å². The topological polar surface area (TPSA) is 52.3 Å². The Hall–Kier alpha value is -1.94. The van der Waals surface area contributed by atoms with E-state index < -0.39 is 0 Å². The first kappa shape index (κ1) is 14.5. The molecular weight excluding hydrogens is 270 g/mol. The van der Waals surface area contributed by atoms with Crippen LogP contribution in [0.2, 0.25) is 0 Å². The van der Waals surface area contributed by atoms with E-state index in [1.54, 1.807) is 17.8 Å². The number of methoxy groups -OCH3 is 1. The molecular formula is C16H17NO2S. The zero-order chi connectivity index (χ0) is 14.5. The minimum absolute atomic E-state index is 0.313. The Morgan fingerprint density at radius 2 is 2.05 bits per heavy atom. The van der Waals surface area contributed by atoms with Crippen LogP contribution in [-0.4, -0.2) is 13.1 Å². The molecule has 2 N–H and O–H groups in total. The van der Waals surface area contributed by atoms with Gasteiger partial charge in [0.05, 0.1) is 12.7 Å². The number of esters is 1. The predicted molar refractivity (Wildman–Crippen MR) is 82.9 cm³/mol. The monoisotopic (exact) mass is 287 g/mol. The largest absolute Gasteiger partial charge is 0.465 e. The normalized spacial score (nSPS) is 10.3. The minimum atomic E-state index is -0.313. The van der Waals surface area contributed by atoms with Gasteiger partial charge in [-0.05, 0) is 42.3 Å². The zero-order valence-electron chi connectivity index (χ0n) is 11.6. The first-order valence-corrected chi connectivity index (χ1v) is 7.25. The van der Waals surface area contributed by atoms with E-state index in [2.05, 4.69) is 6.07 Å². The molecule has 2 rings (SSSR count). The summed E-state index contributed by atoms with van der Waals surface area (Å²) in [5.41, 5.74) is 9.57. The van der Waals surface area contributed by atoms with Gasteiger partial charge < -0.3 is 10.5 Å². The third-order valence-electron chi connectivity index (χ3n) is 2.91. The van der Waals surface area contributed by atoms with Gasteiger partial charge in [-0.15, -0.1) is 11.8 Å². The molecule has 0 aromatic heterocycles. The first-order valence-electron chi connectivity index (χ1n) is 6.26. The summed E-state index contributed by atoms with van der Waals surface area (Å²) in [6.45, 7) is 2.04. The minimum Gasteiger partial charge on any atom is -0.465 e. The van der Waals surface area contributed by atoms with E-state index in [1.165, 1.54) is 12.7 Å². The third-order valence-corrected chi connectivity index (χ3v) is 4.05. The number of thioether (sulfide) groups is 1. The Balaban J connectivity index is 2.11. The van der Waals surface area contributed by atoms with Crippen LogP contribution in [0.5, 0.6) is 0 Å². The van der Waals surface area contributed by atoms with E-state index in [0.29, 0.717) is 5.56 Å². The molecule has 2 aromatic rings. The molecule has 0 saturated heterocycles. The molecule has 0 unspecified atom stereocenters. The summed E-state index contributed by atoms with van der Waals surface area (Å²) in [4.78, 5) is 12.6. The number of anilines is 1. The average molecular weight is 287 g/mol. The van der Waals surface area contributed by atoms with Crippen molar-refractivity contribution in [3.05, 3.63) is 59.2 Å². The Morgan fingerprint density at radius 1 is 1.25 bits per heavy atom. The summed E-state index contributed by atoms with van der Waals surface area (Å²) < 4.78 is 4.72. The Kier molecular flexibility index (Phi) is 4.69. The Labute approximate surface area is 123 Å². The van der Waals surface area contributed by atoms with E-state index in [4.69, 9.17) is 10.5 Å². The molecule has 0 atom stereocenters. The van der Waals surface area contributed by atoms with Gasteiger partial charge in [0.2, 0.25) is 0 Å². The van der Waals surface area contributed by atoms with Gasteiger partial charge in [-0.1, -0.05) is 18.2 Å². The van der Waals surface area contributed by atoms with Gasteiger partial charge >= 0.3 is 5.97 Å². The van der Waals surface area contributed by atoms with Gasteiger partial charge in [-0.3, -0.25) is 0 Å². The van der Waals surface area contributed by atoms with Crippen LogP contribution in [0.15, 0.2) is 47.4 Å². The number of carbonyl (C=O) groups is 1. The van der Waals surface area contributed by atoms with Crippen LogP contribution in [-0.2, 0) is 10.5 Å². The van der Waals surface area contributed by atoms with Crippen molar-refractivity contribution >= 4 is 23.4 Å². The fourth-order valence-corrected chi connectivity index (χ4v) is 2.84. The zero-order valence-corrected chi connectivity index (χ0v) is 12.4. The standard InChI is InChI=1S/C16H17NO2S/c1-11-6-7-14(17)15(8-11)20-10-12-4-3-5-13(9-12)16(18)19-2/h3-9H,10,17H2,1-2H3. The molecule has 0 spiro atoms. The maximum atomic E-state index is 11.5. The second-order valence-corrected chi connectivity index (χ2v) is 5.54. The van der Waals surface area contributed by atoms with Crippen LogP contribution in [0.3, 0.4) is 0 Å². The molecule has 0 bridgehead atoms. The van der Waals surface area contributed by atoms with Crippen LogP contribution < -0.4 is 5.73 Å². The van der Waals surface area contributed by atoms with Crippen LogP contribution in [0.1, 0.15) is 21.5 Å². The molecule has 20 heavy (non-hydrogen) atoms. The van der Waals surface area contributed by atoms with Crippen molar-refractivity contribution in [1.82, 2.24) is 0 Å². The lowest BCUT2D eigenvalue weighted by Crippen LogP contribution is -2.01. The molecule has 4 heteroatoms. The highest BCUT2D eigenvalue weighted by Crippen LogP contribution is 2.29. The highest BCUT2D eigenvalue weighted by atomic mass is 32.2. The van der Waals surface area contributed by atoms with E-state index in [0.717, 1.165) is 21.9 Å². The first-order chi connectivity index (χ1) is 9.60. The molecule has 3 nitrogen and oxygen atoms in total. The molecule has 0 amide bonds. The third kappa shape index (κ3) is 3.54. The number of rotatable bonds is 4. The van der Waals surface area contributed by atoms with Gasteiger partial charge in [0.1, 0.15) is 0 Å². The number of hydrogen-bond acceptors (Lipinski definition) is 4. The number of aryl methyl sites for hydroxylation is 1. The van der Waals surface area contributed by atoms with Crippen molar-refractivity contribution < 1.29 is 9.53 Å². The van der Waals surface area contributed by atoms with Crippen LogP contribution >= 0.6 is 11.8 Å². The summed E-state index contributed by atoms with van der Waals surface area (Å²) in [5, 5.41) is 0. The van der Waals surface area contributed by atoms with Crippen molar-refractivity contribution in [3.63, 3.8) is 0 Å². The summed E-state index contributed by atoms with van der Waals surface area (Å²) in [5.74, 6) is 0.449. The number of benzene rings is 2. The van der Waals surface area contributed by atoms with Gasteiger partial charge in [-0.25, -0.2) is 4.79 Å². The van der Waals surface area contributed by atoms with Crippen molar-refractivity contribution in [2.45, 2.75) is 17.6 Å². The second-order valence-electron chi connectivity index (χ2n) is 4.52. The number of nitrogen functional groups attached to an aromatic ring is 1. The molecule has 2 aromatic carbocycles. The molecule has 0 aliphatic heterocycles. The lowest BCUT2D eigenvalue weighted by atomic mass is 10.1. The average Bonchev–Trinajstić information content (AvgIpc) is 2.47. The fraction of sp³-hybridized carbons (Fsp3) is 0.188. The van der Waals surface area contributed by atoms with Crippen LogP contribution in [0.25, 0.3) is 0 Å². The van der Waals surface area contributed by atoms with E-state index in [1.807, 2.05) is 37.3 Å². The van der Waals surface area contributed by atoms with E-state index in [9.17, 15) is 4.79 Å². The molecule has 0 radical (unpaired) electrons. The highest BCUT2D eigenvalue weighted by molar-refractivity contribution is 7.98. The lowest BCUT2D eigenvalue weighted by molar-refractivity contribution is 0.0600. The quantitative estimate of drug-likeness (QED) is 0.530. The summed E-state index contributed by atoms with van der Waals surface area (Å²) >= 11 is 1.67. The van der Waals surface area contributed by atoms with Gasteiger partial charge in [0.15, 0.2) is 0 Å². The highest BCUT2D eigenvalue weighted by Gasteiger charge is 2.06. The summed E-state index contributed by atoms with van der Waals surface area (Å²) in [6.07, 6.45) is 0. The Morgan fingerprint density at radius 3 is 2.80 bits per heavy atom. The van der Waals surface area contributed by atoms with Crippen molar-refractivity contribution in [2.24, 2.45) is 0 Å². The van der Waals surface area contributed by atoms with Gasteiger partial charge in [0, 0.05) is 16.3 Å². The van der Waals surface area contributed by atoms with Gasteiger partial charge in [0.25, 0.3) is 0 Å². The summed E-state index contributed by atoms with van der Waals surface area (Å²) in [7, 11) is 1.39. The number of ether oxygens (including phenoxy) is 1.